The van der Waals surface area contributed by atoms with E-state index in [0.29, 0.717) is 6.54 Å². The van der Waals surface area contributed by atoms with Crippen LogP contribution >= 0.6 is 0 Å². The van der Waals surface area contributed by atoms with Crippen LogP contribution in [0, 0.1) is 5.92 Å². The Bertz CT molecular complexity index is 484. The Labute approximate surface area is 133 Å². The van der Waals surface area contributed by atoms with Gasteiger partial charge in [-0.15, -0.1) is 0 Å². The van der Waals surface area contributed by atoms with Crippen LogP contribution in [0.3, 0.4) is 0 Å². The molecule has 1 aromatic rings. The number of ether oxygens (including phenoxy) is 1. The Morgan fingerprint density at radius 1 is 1.32 bits per heavy atom. The molecule has 0 spiro atoms. The van der Waals surface area contributed by atoms with Gasteiger partial charge in [0.05, 0.1) is 13.2 Å². The van der Waals surface area contributed by atoms with Gasteiger partial charge < -0.3 is 10.1 Å². The van der Waals surface area contributed by atoms with Gasteiger partial charge in [-0.1, -0.05) is 32.0 Å². The van der Waals surface area contributed by atoms with Gasteiger partial charge in [0.25, 0.3) is 0 Å². The fraction of sp³-hybridized carbons (Fsp3) is 0.611. The average Bonchev–Trinajstić information content (AvgIpc) is 3.08. The van der Waals surface area contributed by atoms with Crippen LogP contribution in [-0.4, -0.2) is 37.6 Å². The van der Waals surface area contributed by atoms with Gasteiger partial charge >= 0.3 is 0 Å². The van der Waals surface area contributed by atoms with Crippen molar-refractivity contribution in [2.75, 3.05) is 26.7 Å². The number of para-hydroxylation sites is 1. The third kappa shape index (κ3) is 4.01. The number of nitrogens with one attached hydrogen (secondary N) is 1. The fourth-order valence-corrected chi connectivity index (χ4v) is 2.99. The SMILES string of the molecule is CCC(C)C(=O)NCC(c1ccccc1OC)N1CCCC1. The second kappa shape index (κ2) is 8.18. The molecule has 0 saturated carbocycles. The van der Waals surface area contributed by atoms with Crippen molar-refractivity contribution in [2.24, 2.45) is 5.92 Å². The third-order valence-corrected chi connectivity index (χ3v) is 4.61. The van der Waals surface area contributed by atoms with Crippen molar-refractivity contribution in [1.82, 2.24) is 10.2 Å². The molecule has 1 fully saturated rings. The lowest BCUT2D eigenvalue weighted by Gasteiger charge is -2.29. The molecule has 2 rings (SSSR count). The number of benzene rings is 1. The van der Waals surface area contributed by atoms with Crippen molar-refractivity contribution in [3.8, 4) is 5.75 Å². The Kier molecular flexibility index (Phi) is 6.25. The zero-order valence-electron chi connectivity index (χ0n) is 14.0. The molecule has 1 aliphatic heterocycles. The first-order valence-corrected chi connectivity index (χ1v) is 8.32. The summed E-state index contributed by atoms with van der Waals surface area (Å²) in [4.78, 5) is 14.6. The van der Waals surface area contributed by atoms with Crippen molar-refractivity contribution >= 4 is 5.91 Å². The highest BCUT2D eigenvalue weighted by molar-refractivity contribution is 5.78. The predicted octanol–water partition coefficient (Wildman–Crippen LogP) is 2.99. The summed E-state index contributed by atoms with van der Waals surface area (Å²) in [6, 6.07) is 8.32. The lowest BCUT2D eigenvalue weighted by atomic mass is 10.0. The van der Waals surface area contributed by atoms with Gasteiger partial charge in [0, 0.05) is 18.0 Å². The first-order chi connectivity index (χ1) is 10.7. The van der Waals surface area contributed by atoms with E-state index in [0.717, 1.165) is 30.8 Å². The van der Waals surface area contributed by atoms with E-state index in [1.807, 2.05) is 32.0 Å². The molecule has 4 heteroatoms. The molecule has 2 unspecified atom stereocenters. The van der Waals surface area contributed by atoms with Crippen LogP contribution in [0.4, 0.5) is 0 Å². The van der Waals surface area contributed by atoms with Gasteiger partial charge in [-0.3, -0.25) is 9.69 Å². The monoisotopic (exact) mass is 304 g/mol. The van der Waals surface area contributed by atoms with E-state index in [1.165, 1.54) is 12.8 Å². The smallest absolute Gasteiger partial charge is 0.222 e. The maximum Gasteiger partial charge on any atom is 0.222 e. The van der Waals surface area contributed by atoms with Crippen LogP contribution in [0.2, 0.25) is 0 Å². The molecule has 1 aliphatic rings. The van der Waals surface area contributed by atoms with Gasteiger partial charge in [-0.05, 0) is 38.4 Å². The molecule has 1 amide bonds. The molecule has 0 bridgehead atoms. The number of amides is 1. The lowest BCUT2D eigenvalue weighted by molar-refractivity contribution is -0.124. The highest BCUT2D eigenvalue weighted by Crippen LogP contribution is 2.31. The molecular weight excluding hydrogens is 276 g/mol. The normalized spacial score (nSPS) is 18.0. The average molecular weight is 304 g/mol. The molecular formula is C18H28N2O2. The second-order valence-electron chi connectivity index (χ2n) is 6.06. The number of likely N-dealkylation sites (tertiary alicyclic amines) is 1. The number of hydrogen-bond acceptors (Lipinski definition) is 3. The minimum absolute atomic E-state index is 0.0666. The molecule has 1 saturated heterocycles. The van der Waals surface area contributed by atoms with E-state index in [4.69, 9.17) is 4.74 Å². The van der Waals surface area contributed by atoms with Crippen LogP contribution in [0.1, 0.15) is 44.7 Å². The van der Waals surface area contributed by atoms with Crippen LogP contribution < -0.4 is 10.1 Å². The van der Waals surface area contributed by atoms with E-state index in [-0.39, 0.29) is 17.9 Å². The maximum absolute atomic E-state index is 12.1. The topological polar surface area (TPSA) is 41.6 Å². The first-order valence-electron chi connectivity index (χ1n) is 8.32. The number of carbonyl (C=O) groups excluding carboxylic acids is 1. The van der Waals surface area contributed by atoms with Gasteiger partial charge in [-0.25, -0.2) is 0 Å². The number of carbonyl (C=O) groups is 1. The summed E-state index contributed by atoms with van der Waals surface area (Å²) in [5, 5.41) is 3.12. The summed E-state index contributed by atoms with van der Waals surface area (Å²) in [6.45, 7) is 6.83. The van der Waals surface area contributed by atoms with E-state index in [9.17, 15) is 4.79 Å². The van der Waals surface area contributed by atoms with Gasteiger partial charge in [-0.2, -0.15) is 0 Å². The standard InChI is InChI=1S/C18H28N2O2/c1-4-14(2)18(21)19-13-16(20-11-7-8-12-20)15-9-5-6-10-17(15)22-3/h5-6,9-10,14,16H,4,7-8,11-13H2,1-3H3,(H,19,21). The summed E-state index contributed by atoms with van der Waals surface area (Å²) in [7, 11) is 1.71. The number of rotatable bonds is 7. The van der Waals surface area contributed by atoms with Crippen LogP contribution in [0.25, 0.3) is 0 Å². The molecule has 22 heavy (non-hydrogen) atoms. The Hall–Kier alpha value is -1.55. The summed E-state index contributed by atoms with van der Waals surface area (Å²) >= 11 is 0. The summed E-state index contributed by atoms with van der Waals surface area (Å²) in [5.41, 5.74) is 1.16. The molecule has 4 nitrogen and oxygen atoms in total. The maximum atomic E-state index is 12.1. The summed E-state index contributed by atoms with van der Waals surface area (Å²) in [5.74, 6) is 1.11. The Morgan fingerprint density at radius 3 is 2.64 bits per heavy atom. The van der Waals surface area contributed by atoms with Crippen LogP contribution in [0.5, 0.6) is 5.75 Å². The van der Waals surface area contributed by atoms with E-state index < -0.39 is 0 Å². The highest BCUT2D eigenvalue weighted by atomic mass is 16.5. The van der Waals surface area contributed by atoms with E-state index in [1.54, 1.807) is 7.11 Å². The van der Waals surface area contributed by atoms with Crippen LogP contribution in [0.15, 0.2) is 24.3 Å². The number of hydrogen-bond donors (Lipinski definition) is 1. The molecule has 1 aromatic carbocycles. The zero-order valence-corrected chi connectivity index (χ0v) is 14.0. The van der Waals surface area contributed by atoms with E-state index in [2.05, 4.69) is 16.3 Å². The summed E-state index contributed by atoms with van der Waals surface area (Å²) < 4.78 is 5.52. The van der Waals surface area contributed by atoms with E-state index >= 15 is 0 Å². The van der Waals surface area contributed by atoms with Crippen molar-refractivity contribution < 1.29 is 9.53 Å². The third-order valence-electron chi connectivity index (χ3n) is 4.61. The Morgan fingerprint density at radius 2 is 2.00 bits per heavy atom. The molecule has 1 heterocycles. The highest BCUT2D eigenvalue weighted by Gasteiger charge is 2.26. The van der Waals surface area contributed by atoms with Gasteiger partial charge in [0.1, 0.15) is 5.75 Å². The molecule has 0 aliphatic carbocycles. The zero-order chi connectivity index (χ0) is 15.9. The minimum Gasteiger partial charge on any atom is -0.496 e. The predicted molar refractivity (Wildman–Crippen MR) is 89.0 cm³/mol. The first kappa shape index (κ1) is 16.8. The van der Waals surface area contributed by atoms with Crippen LogP contribution in [-0.2, 0) is 4.79 Å². The quantitative estimate of drug-likeness (QED) is 0.842. The summed E-state index contributed by atoms with van der Waals surface area (Å²) in [6.07, 6.45) is 3.32. The largest absolute Gasteiger partial charge is 0.496 e. The van der Waals surface area contributed by atoms with Crippen molar-refractivity contribution in [2.45, 2.75) is 39.2 Å². The fourth-order valence-electron chi connectivity index (χ4n) is 2.99. The van der Waals surface area contributed by atoms with Gasteiger partial charge in [0.15, 0.2) is 0 Å². The molecule has 122 valence electrons. The number of nitrogens with zero attached hydrogens (tertiary/aromatic N) is 1. The van der Waals surface area contributed by atoms with Crippen molar-refractivity contribution in [3.05, 3.63) is 29.8 Å². The van der Waals surface area contributed by atoms with Crippen molar-refractivity contribution in [3.63, 3.8) is 0 Å². The number of methoxy groups -OCH3 is 1. The minimum atomic E-state index is 0.0666. The lowest BCUT2D eigenvalue weighted by Crippen LogP contribution is -2.38. The van der Waals surface area contributed by atoms with Crippen molar-refractivity contribution in [1.29, 1.82) is 0 Å². The molecule has 2 atom stereocenters. The molecule has 1 N–H and O–H groups in total. The Balaban J connectivity index is 2.14. The van der Waals surface area contributed by atoms with Gasteiger partial charge in [0.2, 0.25) is 5.91 Å². The molecule has 0 radical (unpaired) electrons. The second-order valence-corrected chi connectivity index (χ2v) is 6.06. The molecule has 0 aromatic heterocycles.